The van der Waals surface area contributed by atoms with E-state index in [1.54, 1.807) is 29.2 Å². The largest absolute Gasteiger partial charge is 0.241 e. The minimum absolute atomic E-state index is 0.173. The molecule has 0 saturated heterocycles. The van der Waals surface area contributed by atoms with E-state index in [4.69, 9.17) is 0 Å². The Morgan fingerprint density at radius 3 is 2.94 bits per heavy atom. The minimum Gasteiger partial charge on any atom is -0.241 e. The summed E-state index contributed by atoms with van der Waals surface area (Å²) in [6, 6.07) is 5.20. The first kappa shape index (κ1) is 11.2. The van der Waals surface area contributed by atoms with E-state index in [0.717, 1.165) is 15.6 Å². The smallest absolute Gasteiger partial charge is 0.134 e. The second-order valence-electron chi connectivity index (χ2n) is 4.17. The number of thioether (sulfide) groups is 1. The molecule has 0 spiro atoms. The van der Waals surface area contributed by atoms with Crippen molar-refractivity contribution < 1.29 is 4.39 Å². The Morgan fingerprint density at radius 2 is 2.24 bits per heavy atom. The van der Waals surface area contributed by atoms with Crippen molar-refractivity contribution in [2.45, 2.75) is 23.7 Å². The lowest BCUT2D eigenvalue weighted by molar-refractivity contribution is 0.628. The lowest BCUT2D eigenvalue weighted by Gasteiger charge is -2.05. The third-order valence-corrected chi connectivity index (χ3v) is 4.58. The van der Waals surface area contributed by atoms with Gasteiger partial charge in [-0.25, -0.2) is 9.37 Å². The summed E-state index contributed by atoms with van der Waals surface area (Å²) >= 11 is 3.11. The highest BCUT2D eigenvalue weighted by Crippen LogP contribution is 2.42. The maximum Gasteiger partial charge on any atom is 0.134 e. The van der Waals surface area contributed by atoms with E-state index in [-0.39, 0.29) is 5.82 Å². The first-order chi connectivity index (χ1) is 8.29. The van der Waals surface area contributed by atoms with Crippen LogP contribution in [0.15, 0.2) is 28.5 Å². The zero-order valence-electron chi connectivity index (χ0n) is 9.44. The van der Waals surface area contributed by atoms with Crippen LogP contribution >= 0.6 is 23.1 Å². The number of rotatable bonds is 3. The third kappa shape index (κ3) is 2.11. The zero-order valence-corrected chi connectivity index (χ0v) is 11.1. The van der Waals surface area contributed by atoms with Gasteiger partial charge in [0, 0.05) is 16.2 Å². The summed E-state index contributed by atoms with van der Waals surface area (Å²) in [6.45, 7) is 0. The van der Waals surface area contributed by atoms with Crippen LogP contribution in [0, 0.1) is 5.82 Å². The van der Waals surface area contributed by atoms with Crippen LogP contribution < -0.4 is 0 Å². The van der Waals surface area contributed by atoms with E-state index in [1.807, 2.05) is 12.3 Å². The second-order valence-corrected chi connectivity index (χ2v) is 5.88. The molecule has 0 aliphatic heterocycles. The number of benzene rings is 1. The quantitative estimate of drug-likeness (QED) is 0.755. The van der Waals surface area contributed by atoms with Gasteiger partial charge in [0.15, 0.2) is 0 Å². The van der Waals surface area contributed by atoms with Crippen molar-refractivity contribution in [2.75, 3.05) is 6.26 Å². The third-order valence-electron chi connectivity index (χ3n) is 2.93. The average molecular weight is 265 g/mol. The van der Waals surface area contributed by atoms with Gasteiger partial charge in [0.05, 0.1) is 11.3 Å². The minimum atomic E-state index is -0.173. The molecule has 3 rings (SSSR count). The van der Waals surface area contributed by atoms with Crippen LogP contribution in [-0.4, -0.2) is 11.2 Å². The summed E-state index contributed by atoms with van der Waals surface area (Å²) in [4.78, 5) is 5.54. The van der Waals surface area contributed by atoms with Crippen molar-refractivity contribution >= 4 is 23.1 Å². The fourth-order valence-electron chi connectivity index (χ4n) is 1.85. The van der Waals surface area contributed by atoms with Crippen molar-refractivity contribution in [3.63, 3.8) is 0 Å². The summed E-state index contributed by atoms with van der Waals surface area (Å²) in [7, 11) is 0. The number of thiazole rings is 1. The van der Waals surface area contributed by atoms with Crippen LogP contribution in [0.2, 0.25) is 0 Å². The molecule has 0 bridgehead atoms. The molecule has 88 valence electrons. The van der Waals surface area contributed by atoms with E-state index in [2.05, 4.69) is 10.4 Å². The molecule has 1 aliphatic rings. The Bertz CT molecular complexity index is 546. The molecule has 17 heavy (non-hydrogen) atoms. The fraction of sp³-hybridized carbons (Fsp3) is 0.308. The fourth-order valence-corrected chi connectivity index (χ4v) is 3.49. The van der Waals surface area contributed by atoms with Gasteiger partial charge in [-0.2, -0.15) is 0 Å². The van der Waals surface area contributed by atoms with Gasteiger partial charge >= 0.3 is 0 Å². The molecule has 1 heterocycles. The van der Waals surface area contributed by atoms with Gasteiger partial charge in [-0.1, -0.05) is 6.07 Å². The van der Waals surface area contributed by atoms with E-state index >= 15 is 0 Å². The standard InChI is InChI=1S/C13H12FNS2/c1-16-11-4-2-3-9(14)12(11)13-15-10(7-17-13)8-5-6-8/h2-4,7-8H,5-6H2,1H3. The molecule has 1 aromatic heterocycles. The topological polar surface area (TPSA) is 12.9 Å². The lowest BCUT2D eigenvalue weighted by atomic mass is 10.2. The molecule has 1 nitrogen and oxygen atoms in total. The number of hydrogen-bond donors (Lipinski definition) is 0. The molecule has 0 atom stereocenters. The first-order valence-corrected chi connectivity index (χ1v) is 7.68. The van der Waals surface area contributed by atoms with E-state index in [0.29, 0.717) is 11.5 Å². The Balaban J connectivity index is 2.06. The van der Waals surface area contributed by atoms with Crippen molar-refractivity contribution in [3.8, 4) is 10.6 Å². The van der Waals surface area contributed by atoms with Crippen LogP contribution in [0.1, 0.15) is 24.5 Å². The zero-order chi connectivity index (χ0) is 11.8. The molecular formula is C13H12FNS2. The van der Waals surface area contributed by atoms with Gasteiger partial charge in [0.1, 0.15) is 10.8 Å². The molecule has 1 aliphatic carbocycles. The Labute approximate surface area is 108 Å². The Kier molecular flexibility index (Phi) is 2.92. The van der Waals surface area contributed by atoms with Crippen LogP contribution in [-0.2, 0) is 0 Å². The first-order valence-electron chi connectivity index (χ1n) is 5.58. The lowest BCUT2D eigenvalue weighted by Crippen LogP contribution is -1.88. The number of nitrogens with zero attached hydrogens (tertiary/aromatic N) is 1. The summed E-state index contributed by atoms with van der Waals surface area (Å²) in [5, 5.41) is 2.89. The van der Waals surface area contributed by atoms with Gasteiger partial charge < -0.3 is 0 Å². The molecule has 4 heteroatoms. The molecule has 1 fully saturated rings. The average Bonchev–Trinajstić information content (AvgIpc) is 3.08. The van der Waals surface area contributed by atoms with Crippen LogP contribution in [0.25, 0.3) is 10.6 Å². The molecule has 1 saturated carbocycles. The van der Waals surface area contributed by atoms with Gasteiger partial charge in [-0.15, -0.1) is 23.1 Å². The van der Waals surface area contributed by atoms with Gasteiger partial charge in [0.2, 0.25) is 0 Å². The van der Waals surface area contributed by atoms with Crippen molar-refractivity contribution in [2.24, 2.45) is 0 Å². The number of hydrogen-bond acceptors (Lipinski definition) is 3. The van der Waals surface area contributed by atoms with Gasteiger partial charge in [-0.3, -0.25) is 0 Å². The maximum atomic E-state index is 13.9. The molecule has 0 radical (unpaired) electrons. The predicted octanol–water partition coefficient (Wildman–Crippen LogP) is 4.55. The van der Waals surface area contributed by atoms with Crippen LogP contribution in [0.4, 0.5) is 4.39 Å². The van der Waals surface area contributed by atoms with Crippen LogP contribution in [0.3, 0.4) is 0 Å². The molecule has 1 aromatic carbocycles. The van der Waals surface area contributed by atoms with E-state index in [9.17, 15) is 4.39 Å². The number of halogens is 1. The number of aromatic nitrogens is 1. The molecule has 0 amide bonds. The molecule has 0 unspecified atom stereocenters. The molecule has 0 N–H and O–H groups in total. The highest BCUT2D eigenvalue weighted by atomic mass is 32.2. The SMILES string of the molecule is CSc1cccc(F)c1-c1nc(C2CC2)cs1. The summed E-state index contributed by atoms with van der Waals surface area (Å²) in [5.74, 6) is 0.457. The van der Waals surface area contributed by atoms with Crippen molar-refractivity contribution in [1.82, 2.24) is 4.98 Å². The Morgan fingerprint density at radius 1 is 1.41 bits per heavy atom. The summed E-state index contributed by atoms with van der Waals surface area (Å²) < 4.78 is 13.9. The molecule has 2 aromatic rings. The maximum absolute atomic E-state index is 13.9. The molecular weight excluding hydrogens is 253 g/mol. The van der Waals surface area contributed by atoms with Crippen molar-refractivity contribution in [3.05, 3.63) is 35.1 Å². The summed E-state index contributed by atoms with van der Waals surface area (Å²) in [6.07, 6.45) is 4.43. The monoisotopic (exact) mass is 265 g/mol. The van der Waals surface area contributed by atoms with E-state index < -0.39 is 0 Å². The highest BCUT2D eigenvalue weighted by molar-refractivity contribution is 7.98. The predicted molar refractivity (Wildman–Crippen MR) is 71.3 cm³/mol. The normalized spacial score (nSPS) is 15.2. The van der Waals surface area contributed by atoms with Crippen molar-refractivity contribution in [1.29, 1.82) is 0 Å². The van der Waals surface area contributed by atoms with Gasteiger partial charge in [-0.05, 0) is 31.2 Å². The Hall–Kier alpha value is -0.870. The van der Waals surface area contributed by atoms with E-state index in [1.165, 1.54) is 18.9 Å². The summed E-state index contributed by atoms with van der Waals surface area (Å²) in [5.41, 5.74) is 1.80. The second kappa shape index (κ2) is 4.42. The van der Waals surface area contributed by atoms with Crippen LogP contribution in [0.5, 0.6) is 0 Å². The highest BCUT2D eigenvalue weighted by Gasteiger charge is 2.26. The van der Waals surface area contributed by atoms with Gasteiger partial charge in [0.25, 0.3) is 0 Å².